The molecule has 4 atom stereocenters. The van der Waals surface area contributed by atoms with Gasteiger partial charge in [-0.1, -0.05) is 13.8 Å². The van der Waals surface area contributed by atoms with Gasteiger partial charge in [-0.05, 0) is 42.7 Å². The van der Waals surface area contributed by atoms with Crippen molar-refractivity contribution in [1.29, 1.82) is 0 Å². The van der Waals surface area contributed by atoms with E-state index in [1.54, 1.807) is 13.0 Å². The van der Waals surface area contributed by atoms with E-state index >= 15 is 0 Å². The average molecular weight is 388 g/mol. The summed E-state index contributed by atoms with van der Waals surface area (Å²) in [5.41, 5.74) is 2.74. The summed E-state index contributed by atoms with van der Waals surface area (Å²) >= 11 is 0. The van der Waals surface area contributed by atoms with E-state index in [1.807, 2.05) is 0 Å². The molecule has 0 radical (unpaired) electrons. The van der Waals surface area contributed by atoms with Crippen molar-refractivity contribution < 1.29 is 33.3 Å². The van der Waals surface area contributed by atoms with Crippen LogP contribution in [0.4, 0.5) is 0 Å². The number of hydrogen-bond acceptors (Lipinski definition) is 7. The number of cyclic esters (lactones) is 1. The minimum Gasteiger partial charge on any atom is -0.458 e. The zero-order valence-electron chi connectivity index (χ0n) is 16.4. The molecule has 0 spiro atoms. The molecule has 7 nitrogen and oxygen atoms in total. The van der Waals surface area contributed by atoms with Crippen molar-refractivity contribution in [1.82, 2.24) is 0 Å². The summed E-state index contributed by atoms with van der Waals surface area (Å²) in [6.07, 6.45) is 3.76. The highest BCUT2D eigenvalue weighted by molar-refractivity contribution is 5.93. The molecule has 0 N–H and O–H groups in total. The molecule has 1 saturated heterocycles. The lowest BCUT2D eigenvalue weighted by Gasteiger charge is -2.34. The van der Waals surface area contributed by atoms with Gasteiger partial charge in [0.25, 0.3) is 6.29 Å². The maximum Gasteiger partial charge on any atom is 0.338 e. The van der Waals surface area contributed by atoms with E-state index in [-0.39, 0.29) is 5.41 Å². The van der Waals surface area contributed by atoms with Crippen LogP contribution in [0, 0.1) is 11.3 Å². The topological polar surface area (TPSA) is 88.1 Å². The fourth-order valence-electron chi connectivity index (χ4n) is 4.78. The highest BCUT2D eigenvalue weighted by Gasteiger charge is 2.58. The molecular formula is C21H24O7. The Kier molecular flexibility index (Phi) is 4.36. The lowest BCUT2D eigenvalue weighted by Crippen LogP contribution is -2.29. The Morgan fingerprint density at radius 3 is 2.64 bits per heavy atom. The van der Waals surface area contributed by atoms with Gasteiger partial charge in [-0.2, -0.15) is 0 Å². The molecule has 2 aliphatic carbocycles. The van der Waals surface area contributed by atoms with E-state index in [9.17, 15) is 14.4 Å². The van der Waals surface area contributed by atoms with Crippen LogP contribution in [0.15, 0.2) is 34.6 Å². The van der Waals surface area contributed by atoms with E-state index in [2.05, 4.69) is 13.8 Å². The van der Waals surface area contributed by atoms with Gasteiger partial charge in [-0.15, -0.1) is 0 Å². The number of rotatable bonds is 3. The summed E-state index contributed by atoms with van der Waals surface area (Å²) in [6.45, 7) is 7.26. The number of hydrogen-bond donors (Lipinski definition) is 0. The molecule has 4 aliphatic rings. The van der Waals surface area contributed by atoms with Crippen LogP contribution in [0.3, 0.4) is 0 Å². The van der Waals surface area contributed by atoms with Crippen molar-refractivity contribution in [3.8, 4) is 0 Å². The fourth-order valence-corrected chi connectivity index (χ4v) is 4.78. The Morgan fingerprint density at radius 1 is 1.25 bits per heavy atom. The zero-order chi connectivity index (χ0) is 20.2. The number of ether oxygens (including phenoxy) is 4. The van der Waals surface area contributed by atoms with Gasteiger partial charge in [0.1, 0.15) is 12.2 Å². The van der Waals surface area contributed by atoms with Crippen LogP contribution < -0.4 is 0 Å². The molecule has 2 heterocycles. The van der Waals surface area contributed by atoms with Gasteiger partial charge in [-0.25, -0.2) is 9.59 Å². The van der Waals surface area contributed by atoms with Gasteiger partial charge in [0.2, 0.25) is 0 Å². The molecule has 0 aromatic carbocycles. The first-order valence-electron chi connectivity index (χ1n) is 9.55. The van der Waals surface area contributed by atoms with Gasteiger partial charge in [0.15, 0.2) is 0 Å². The van der Waals surface area contributed by atoms with Crippen LogP contribution in [0.1, 0.15) is 47.0 Å². The number of carbonyl (C=O) groups is 3. The van der Waals surface area contributed by atoms with Crippen LogP contribution in [-0.2, 0) is 33.3 Å². The van der Waals surface area contributed by atoms with E-state index in [0.29, 0.717) is 11.1 Å². The first-order chi connectivity index (χ1) is 13.2. The van der Waals surface area contributed by atoms with E-state index in [4.69, 9.17) is 18.9 Å². The molecule has 0 bridgehead atoms. The van der Waals surface area contributed by atoms with E-state index in [1.165, 1.54) is 13.2 Å². The molecule has 28 heavy (non-hydrogen) atoms. The van der Waals surface area contributed by atoms with Gasteiger partial charge in [0, 0.05) is 18.6 Å². The van der Waals surface area contributed by atoms with Crippen molar-refractivity contribution in [3.63, 3.8) is 0 Å². The predicted octanol–water partition coefficient (Wildman–Crippen LogP) is 2.71. The highest BCUT2D eigenvalue weighted by atomic mass is 16.7. The highest BCUT2D eigenvalue weighted by Crippen LogP contribution is 2.55. The first-order valence-corrected chi connectivity index (χ1v) is 9.55. The van der Waals surface area contributed by atoms with Crippen molar-refractivity contribution in [2.75, 3.05) is 0 Å². The number of fused-ring (bicyclic) bond motifs is 2. The molecule has 1 unspecified atom stereocenters. The normalized spacial score (nSPS) is 34.6. The van der Waals surface area contributed by atoms with Crippen LogP contribution in [0.2, 0.25) is 0 Å². The molecule has 150 valence electrons. The second-order valence-electron chi connectivity index (χ2n) is 8.39. The van der Waals surface area contributed by atoms with Crippen molar-refractivity contribution in [2.45, 2.75) is 65.5 Å². The van der Waals surface area contributed by atoms with Gasteiger partial charge in [-0.3, -0.25) is 4.79 Å². The summed E-state index contributed by atoms with van der Waals surface area (Å²) < 4.78 is 21.9. The van der Waals surface area contributed by atoms with Crippen LogP contribution in [0.5, 0.6) is 0 Å². The van der Waals surface area contributed by atoms with Crippen molar-refractivity contribution in [3.05, 3.63) is 34.6 Å². The SMILES string of the molecule is CC(=O)O[C@@H]1C2=C([C@H]3OC(=O)/C(=C/OC4C=C(C)C(=O)O4)[C@@H]13)C(C)(C)CCC2. The van der Waals surface area contributed by atoms with Gasteiger partial charge >= 0.3 is 17.9 Å². The summed E-state index contributed by atoms with van der Waals surface area (Å²) in [6, 6.07) is 0. The molecule has 0 aromatic rings. The Balaban J connectivity index is 1.67. The monoisotopic (exact) mass is 388 g/mol. The third-order valence-electron chi connectivity index (χ3n) is 5.99. The molecule has 1 fully saturated rings. The van der Waals surface area contributed by atoms with Gasteiger partial charge in [0.05, 0.1) is 17.8 Å². The fraction of sp³-hybridized carbons (Fsp3) is 0.571. The summed E-state index contributed by atoms with van der Waals surface area (Å²) in [4.78, 5) is 35.8. The Hall–Kier alpha value is -2.57. The van der Waals surface area contributed by atoms with E-state index in [0.717, 1.165) is 30.4 Å². The van der Waals surface area contributed by atoms with E-state index < -0.39 is 42.3 Å². The molecule has 7 heteroatoms. The van der Waals surface area contributed by atoms with Crippen molar-refractivity contribution >= 4 is 17.9 Å². The van der Waals surface area contributed by atoms with Crippen LogP contribution in [0.25, 0.3) is 0 Å². The number of carbonyl (C=O) groups excluding carboxylic acids is 3. The third-order valence-corrected chi connectivity index (χ3v) is 5.99. The zero-order valence-corrected chi connectivity index (χ0v) is 16.4. The Morgan fingerprint density at radius 2 is 2.00 bits per heavy atom. The lowest BCUT2D eigenvalue weighted by molar-refractivity contribution is -0.152. The second kappa shape index (κ2) is 6.50. The minimum absolute atomic E-state index is 0.136. The number of esters is 3. The standard InChI is InChI=1S/C21H24O7/c1-10-8-14(27-19(10)23)25-9-13-15-17(26-11(2)22)12-6-5-7-21(3,4)16(12)18(15)28-20(13)24/h8-9,14-15,17-18H,5-7H2,1-4H3/b13-9+/t14?,15-,17+,18-/m0/s1. The molecule has 0 aromatic heterocycles. The molecular weight excluding hydrogens is 364 g/mol. The third kappa shape index (κ3) is 2.93. The minimum atomic E-state index is -0.876. The predicted molar refractivity (Wildman–Crippen MR) is 96.4 cm³/mol. The molecule has 2 aliphatic heterocycles. The van der Waals surface area contributed by atoms with Crippen LogP contribution in [-0.4, -0.2) is 36.4 Å². The summed E-state index contributed by atoms with van der Waals surface area (Å²) in [7, 11) is 0. The lowest BCUT2D eigenvalue weighted by atomic mass is 9.72. The summed E-state index contributed by atoms with van der Waals surface area (Å²) in [5, 5.41) is 0. The van der Waals surface area contributed by atoms with Crippen molar-refractivity contribution in [2.24, 2.45) is 11.3 Å². The average Bonchev–Trinajstić information content (AvgIpc) is 3.18. The maximum atomic E-state index is 12.6. The second-order valence-corrected chi connectivity index (χ2v) is 8.39. The molecule has 0 amide bonds. The quantitative estimate of drug-likeness (QED) is 0.241. The smallest absolute Gasteiger partial charge is 0.338 e. The molecule has 0 saturated carbocycles. The first kappa shape index (κ1) is 18.8. The molecule has 4 rings (SSSR count). The largest absolute Gasteiger partial charge is 0.458 e. The maximum absolute atomic E-state index is 12.6. The Labute approximate surface area is 163 Å². The Bertz CT molecular complexity index is 845. The summed E-state index contributed by atoms with van der Waals surface area (Å²) in [5.74, 6) is -1.79. The van der Waals surface area contributed by atoms with Crippen LogP contribution >= 0.6 is 0 Å². The van der Waals surface area contributed by atoms with Gasteiger partial charge < -0.3 is 18.9 Å².